The maximum atomic E-state index is 12.5. The maximum Gasteiger partial charge on any atom is 0.329 e. The molecule has 0 bridgehead atoms. The summed E-state index contributed by atoms with van der Waals surface area (Å²) in [7, 11) is 1.57. The zero-order chi connectivity index (χ0) is 20.1. The largest absolute Gasteiger partial charge is 0.465 e. The Morgan fingerprint density at radius 2 is 2.00 bits per heavy atom. The number of fused-ring (bicyclic) bond motifs is 1. The molecule has 3 aromatic rings. The van der Waals surface area contributed by atoms with Crippen molar-refractivity contribution in [1.29, 1.82) is 0 Å². The van der Waals surface area contributed by atoms with Crippen LogP contribution in [0.25, 0.3) is 11.2 Å². The molecule has 8 nitrogen and oxygen atoms in total. The van der Waals surface area contributed by atoms with E-state index in [9.17, 15) is 14.4 Å². The topological polar surface area (TPSA) is 99.0 Å². The molecular formula is C19H22N4O4S. The molecule has 0 saturated heterocycles. The quantitative estimate of drug-likeness (QED) is 0.573. The summed E-state index contributed by atoms with van der Waals surface area (Å²) in [5.41, 5.74) is 0.880. The molecule has 3 rings (SSSR count). The van der Waals surface area contributed by atoms with E-state index in [1.807, 2.05) is 34.9 Å². The predicted octanol–water partition coefficient (Wildman–Crippen LogP) is 1.46. The Balaban J connectivity index is 1.92. The molecule has 0 amide bonds. The van der Waals surface area contributed by atoms with Gasteiger partial charge in [0.2, 0.25) is 0 Å². The van der Waals surface area contributed by atoms with Crippen molar-refractivity contribution in [3.8, 4) is 0 Å². The Morgan fingerprint density at radius 3 is 2.71 bits per heavy atom. The monoisotopic (exact) mass is 402 g/mol. The molecule has 0 aliphatic heterocycles. The molecule has 9 heteroatoms. The molecule has 0 atom stereocenters. The van der Waals surface area contributed by atoms with Crippen LogP contribution < -0.4 is 11.2 Å². The summed E-state index contributed by atoms with van der Waals surface area (Å²) in [6.45, 7) is 2.64. The summed E-state index contributed by atoms with van der Waals surface area (Å²) >= 11 is 1.36. The summed E-state index contributed by atoms with van der Waals surface area (Å²) in [6, 6.07) is 9.93. The molecule has 1 aromatic carbocycles. The Bertz CT molecular complexity index is 1080. The highest BCUT2D eigenvalue weighted by Gasteiger charge is 2.17. The number of ether oxygens (including phenoxy) is 1. The van der Waals surface area contributed by atoms with Crippen LogP contribution in [0.2, 0.25) is 0 Å². The van der Waals surface area contributed by atoms with Gasteiger partial charge in [0, 0.05) is 13.6 Å². The van der Waals surface area contributed by atoms with E-state index in [0.717, 1.165) is 5.56 Å². The SMILES string of the molecule is CCOC(=O)CSCc1nc2c(c(=O)[nH]c(=O)n2C)n1CCc1ccccc1. The average molecular weight is 402 g/mol. The van der Waals surface area contributed by atoms with E-state index in [2.05, 4.69) is 9.97 Å². The van der Waals surface area contributed by atoms with Gasteiger partial charge in [0.05, 0.1) is 18.1 Å². The number of rotatable bonds is 8. The summed E-state index contributed by atoms with van der Waals surface area (Å²) in [4.78, 5) is 42.8. The molecule has 0 spiro atoms. The van der Waals surface area contributed by atoms with Gasteiger partial charge in [-0.05, 0) is 18.9 Å². The van der Waals surface area contributed by atoms with Gasteiger partial charge in [0.25, 0.3) is 5.56 Å². The van der Waals surface area contributed by atoms with Gasteiger partial charge in [-0.3, -0.25) is 19.1 Å². The number of benzene rings is 1. The first-order valence-corrected chi connectivity index (χ1v) is 10.1. The summed E-state index contributed by atoms with van der Waals surface area (Å²) in [6.07, 6.45) is 0.712. The number of aromatic nitrogens is 4. The minimum Gasteiger partial charge on any atom is -0.465 e. The third-order valence-electron chi connectivity index (χ3n) is 4.31. The van der Waals surface area contributed by atoms with Crippen LogP contribution >= 0.6 is 11.8 Å². The summed E-state index contributed by atoms with van der Waals surface area (Å²) in [5.74, 6) is 0.984. The highest BCUT2D eigenvalue weighted by atomic mass is 32.2. The molecular weight excluding hydrogens is 380 g/mol. The lowest BCUT2D eigenvalue weighted by atomic mass is 10.1. The normalized spacial score (nSPS) is 11.1. The summed E-state index contributed by atoms with van der Waals surface area (Å²) in [5, 5.41) is 0. The molecule has 28 heavy (non-hydrogen) atoms. The molecule has 0 radical (unpaired) electrons. The maximum absolute atomic E-state index is 12.5. The molecule has 0 fully saturated rings. The number of imidazole rings is 1. The van der Waals surface area contributed by atoms with Gasteiger partial charge in [-0.25, -0.2) is 9.78 Å². The zero-order valence-electron chi connectivity index (χ0n) is 15.8. The standard InChI is InChI=1S/C19H22N4O4S/c1-3-27-15(24)12-28-11-14-20-17-16(18(25)21-19(26)22(17)2)23(14)10-9-13-7-5-4-6-8-13/h4-8H,3,9-12H2,1-2H3,(H,21,25,26). The minimum absolute atomic E-state index is 0.199. The van der Waals surface area contributed by atoms with Crippen LogP contribution in [0.1, 0.15) is 18.3 Å². The van der Waals surface area contributed by atoms with Gasteiger partial charge in [-0.15, -0.1) is 11.8 Å². The van der Waals surface area contributed by atoms with Crippen LogP contribution in [0, 0.1) is 0 Å². The number of nitrogens with zero attached hydrogens (tertiary/aromatic N) is 3. The number of carbonyl (C=O) groups is 1. The highest BCUT2D eigenvalue weighted by molar-refractivity contribution is 7.99. The molecule has 0 aliphatic rings. The number of H-pyrrole nitrogens is 1. The van der Waals surface area contributed by atoms with Crippen LogP contribution in [0.3, 0.4) is 0 Å². The second-order valence-corrected chi connectivity index (χ2v) is 7.19. The molecule has 0 unspecified atom stereocenters. The molecule has 2 heterocycles. The fourth-order valence-electron chi connectivity index (χ4n) is 2.94. The van der Waals surface area contributed by atoms with Crippen molar-refractivity contribution in [2.24, 2.45) is 7.05 Å². The molecule has 148 valence electrons. The van der Waals surface area contributed by atoms with E-state index in [0.29, 0.717) is 42.3 Å². The Kier molecular flexibility index (Phi) is 6.35. The third kappa shape index (κ3) is 4.36. The number of nitrogens with one attached hydrogen (secondary N) is 1. The second-order valence-electron chi connectivity index (χ2n) is 6.20. The van der Waals surface area contributed by atoms with Gasteiger partial charge >= 0.3 is 11.7 Å². The van der Waals surface area contributed by atoms with Crippen LogP contribution in [0.15, 0.2) is 39.9 Å². The van der Waals surface area contributed by atoms with Crippen LogP contribution in [-0.2, 0) is 35.3 Å². The number of esters is 1. The number of carbonyl (C=O) groups excluding carboxylic acids is 1. The molecule has 0 saturated carbocycles. The van der Waals surface area contributed by atoms with E-state index in [1.54, 1.807) is 14.0 Å². The van der Waals surface area contributed by atoms with Crippen molar-refractivity contribution in [3.63, 3.8) is 0 Å². The lowest BCUT2D eigenvalue weighted by Gasteiger charge is -2.09. The first kappa shape index (κ1) is 19.9. The van der Waals surface area contributed by atoms with Crippen molar-refractivity contribution in [2.75, 3.05) is 12.4 Å². The van der Waals surface area contributed by atoms with Gasteiger partial charge in [0.15, 0.2) is 11.2 Å². The molecule has 1 N–H and O–H groups in total. The van der Waals surface area contributed by atoms with Gasteiger partial charge < -0.3 is 9.30 Å². The van der Waals surface area contributed by atoms with Gasteiger partial charge in [-0.1, -0.05) is 30.3 Å². The number of hydrogen-bond donors (Lipinski definition) is 1. The van der Waals surface area contributed by atoms with Gasteiger partial charge in [-0.2, -0.15) is 0 Å². The first-order chi connectivity index (χ1) is 13.5. The lowest BCUT2D eigenvalue weighted by molar-refractivity contribution is -0.139. The van der Waals surface area contributed by atoms with E-state index < -0.39 is 11.2 Å². The average Bonchev–Trinajstić information content (AvgIpc) is 3.05. The number of aryl methyl sites for hydroxylation is 3. The van der Waals surface area contributed by atoms with E-state index in [4.69, 9.17) is 4.74 Å². The van der Waals surface area contributed by atoms with E-state index in [-0.39, 0.29) is 11.7 Å². The van der Waals surface area contributed by atoms with Crippen LogP contribution in [-0.4, -0.2) is 37.4 Å². The smallest absolute Gasteiger partial charge is 0.329 e. The van der Waals surface area contributed by atoms with Crippen molar-refractivity contribution in [1.82, 2.24) is 19.1 Å². The van der Waals surface area contributed by atoms with Crippen molar-refractivity contribution >= 4 is 28.9 Å². The van der Waals surface area contributed by atoms with Crippen molar-refractivity contribution in [3.05, 3.63) is 62.6 Å². The van der Waals surface area contributed by atoms with Crippen molar-refractivity contribution < 1.29 is 9.53 Å². The fraction of sp³-hybridized carbons (Fsp3) is 0.368. The summed E-state index contributed by atoms with van der Waals surface area (Å²) < 4.78 is 8.10. The van der Waals surface area contributed by atoms with Crippen LogP contribution in [0.5, 0.6) is 0 Å². The van der Waals surface area contributed by atoms with Crippen LogP contribution in [0.4, 0.5) is 0 Å². The number of hydrogen-bond acceptors (Lipinski definition) is 6. The van der Waals surface area contributed by atoms with Crippen molar-refractivity contribution in [2.45, 2.75) is 25.6 Å². The zero-order valence-corrected chi connectivity index (χ0v) is 16.6. The van der Waals surface area contributed by atoms with E-state index in [1.165, 1.54) is 16.3 Å². The predicted molar refractivity (Wildman–Crippen MR) is 109 cm³/mol. The Morgan fingerprint density at radius 1 is 1.25 bits per heavy atom. The first-order valence-electron chi connectivity index (χ1n) is 8.97. The minimum atomic E-state index is -0.504. The third-order valence-corrected chi connectivity index (χ3v) is 5.21. The Labute approximate surface area is 165 Å². The number of aromatic amines is 1. The number of thioether (sulfide) groups is 1. The second kappa shape index (κ2) is 8.92. The lowest BCUT2D eigenvalue weighted by Crippen LogP contribution is -2.29. The van der Waals surface area contributed by atoms with Gasteiger partial charge in [0.1, 0.15) is 5.82 Å². The molecule has 0 aliphatic carbocycles. The van der Waals surface area contributed by atoms with E-state index >= 15 is 0 Å². The molecule has 2 aromatic heterocycles. The Hall–Kier alpha value is -2.81. The highest BCUT2D eigenvalue weighted by Crippen LogP contribution is 2.18. The fourth-order valence-corrected chi connectivity index (χ4v) is 3.70.